The highest BCUT2D eigenvalue weighted by Crippen LogP contribution is 2.25. The molecule has 0 radical (unpaired) electrons. The quantitative estimate of drug-likeness (QED) is 0.740. The third kappa shape index (κ3) is 2.44. The summed E-state index contributed by atoms with van der Waals surface area (Å²) in [5, 5.41) is 19.1. The molecule has 1 aromatic rings. The van der Waals surface area contributed by atoms with E-state index in [1.807, 2.05) is 0 Å². The third-order valence-electron chi connectivity index (χ3n) is 2.25. The number of aliphatic hydroxyl groups is 1. The van der Waals surface area contributed by atoms with Gasteiger partial charge in [0.2, 0.25) is 0 Å². The van der Waals surface area contributed by atoms with E-state index in [0.29, 0.717) is 5.56 Å². The van der Waals surface area contributed by atoms with Crippen molar-refractivity contribution < 1.29 is 15.0 Å². The lowest BCUT2D eigenvalue weighted by Gasteiger charge is -2.22. The highest BCUT2D eigenvalue weighted by atomic mass is 16.4. The van der Waals surface area contributed by atoms with E-state index in [-0.39, 0.29) is 6.42 Å². The van der Waals surface area contributed by atoms with Crippen LogP contribution in [0, 0.1) is 0 Å². The summed E-state index contributed by atoms with van der Waals surface area (Å²) in [4.78, 5) is 11.0. The Morgan fingerprint density at radius 2 is 2.00 bits per heavy atom. The molecule has 0 amide bonds. The van der Waals surface area contributed by atoms with Crippen LogP contribution in [-0.4, -0.2) is 16.2 Å². The monoisotopic (exact) mass is 206 g/mol. The zero-order valence-electron chi connectivity index (χ0n) is 8.55. The number of rotatable bonds is 4. The fraction of sp³-hybridized carbons (Fsp3) is 0.250. The zero-order chi connectivity index (χ0) is 11.3. The highest BCUT2D eigenvalue weighted by Gasteiger charge is 2.36. The minimum atomic E-state index is -1.83. The second kappa shape index (κ2) is 4.75. The van der Waals surface area contributed by atoms with Gasteiger partial charge in [-0.15, -0.1) is 0 Å². The fourth-order valence-corrected chi connectivity index (χ4v) is 1.33. The largest absolute Gasteiger partial charge is 0.479 e. The molecule has 0 spiro atoms. The average Bonchev–Trinajstić information content (AvgIpc) is 2.27. The van der Waals surface area contributed by atoms with Crippen molar-refractivity contribution in [3.63, 3.8) is 0 Å². The Kier molecular flexibility index (Phi) is 3.63. The van der Waals surface area contributed by atoms with Gasteiger partial charge in [0.05, 0.1) is 0 Å². The van der Waals surface area contributed by atoms with E-state index in [0.717, 1.165) is 0 Å². The number of carboxylic acids is 1. The maximum Gasteiger partial charge on any atom is 0.340 e. The summed E-state index contributed by atoms with van der Waals surface area (Å²) < 4.78 is 0. The summed E-state index contributed by atoms with van der Waals surface area (Å²) >= 11 is 0. The van der Waals surface area contributed by atoms with Crippen LogP contribution in [-0.2, 0) is 10.4 Å². The summed E-state index contributed by atoms with van der Waals surface area (Å²) in [5.74, 6) is -1.23. The second-order valence-corrected chi connectivity index (χ2v) is 3.30. The molecular formula is C12H14O3. The second-order valence-electron chi connectivity index (χ2n) is 3.30. The first-order chi connectivity index (χ1) is 7.11. The number of benzene rings is 1. The molecule has 0 aliphatic carbocycles. The Balaban J connectivity index is 3.07. The molecule has 0 fully saturated rings. The van der Waals surface area contributed by atoms with Crippen LogP contribution in [0.25, 0.3) is 0 Å². The van der Waals surface area contributed by atoms with Crippen molar-refractivity contribution in [1.29, 1.82) is 0 Å². The predicted molar refractivity (Wildman–Crippen MR) is 57.4 cm³/mol. The van der Waals surface area contributed by atoms with E-state index in [1.54, 1.807) is 49.4 Å². The zero-order valence-corrected chi connectivity index (χ0v) is 8.55. The van der Waals surface area contributed by atoms with Gasteiger partial charge in [-0.1, -0.05) is 42.5 Å². The first-order valence-electron chi connectivity index (χ1n) is 4.73. The van der Waals surface area contributed by atoms with Gasteiger partial charge in [0.15, 0.2) is 5.60 Å². The van der Waals surface area contributed by atoms with Gasteiger partial charge in [0, 0.05) is 6.42 Å². The van der Waals surface area contributed by atoms with E-state index in [4.69, 9.17) is 5.11 Å². The maximum absolute atomic E-state index is 11.0. The Morgan fingerprint density at radius 1 is 1.40 bits per heavy atom. The van der Waals surface area contributed by atoms with Gasteiger partial charge in [0.1, 0.15) is 0 Å². The third-order valence-corrected chi connectivity index (χ3v) is 2.25. The molecule has 0 saturated heterocycles. The van der Waals surface area contributed by atoms with Crippen LogP contribution in [0.15, 0.2) is 42.5 Å². The summed E-state index contributed by atoms with van der Waals surface area (Å²) in [6.45, 7) is 1.78. The van der Waals surface area contributed by atoms with Gasteiger partial charge < -0.3 is 10.2 Å². The van der Waals surface area contributed by atoms with Gasteiger partial charge in [-0.3, -0.25) is 0 Å². The van der Waals surface area contributed by atoms with Crippen LogP contribution in [0.5, 0.6) is 0 Å². The minimum Gasteiger partial charge on any atom is -0.479 e. The lowest BCUT2D eigenvalue weighted by molar-refractivity contribution is -0.159. The summed E-state index contributed by atoms with van der Waals surface area (Å²) in [7, 11) is 0. The van der Waals surface area contributed by atoms with Crippen LogP contribution in [0.1, 0.15) is 18.9 Å². The Bertz CT molecular complexity index is 356. The number of aliphatic carboxylic acids is 1. The van der Waals surface area contributed by atoms with Crippen LogP contribution in [0.3, 0.4) is 0 Å². The van der Waals surface area contributed by atoms with E-state index in [1.165, 1.54) is 0 Å². The Morgan fingerprint density at radius 3 is 2.47 bits per heavy atom. The first kappa shape index (κ1) is 11.5. The van der Waals surface area contributed by atoms with Gasteiger partial charge in [0.25, 0.3) is 0 Å². The molecule has 15 heavy (non-hydrogen) atoms. The van der Waals surface area contributed by atoms with Crippen LogP contribution in [0.4, 0.5) is 0 Å². The number of carboxylic acid groups (broad SMARTS) is 1. The van der Waals surface area contributed by atoms with E-state index < -0.39 is 11.6 Å². The molecular weight excluding hydrogens is 192 g/mol. The molecule has 3 heteroatoms. The SMILES string of the molecule is CC=CCC(O)(C(=O)O)c1ccccc1. The lowest BCUT2D eigenvalue weighted by atomic mass is 9.90. The molecule has 0 saturated carbocycles. The average molecular weight is 206 g/mol. The van der Waals surface area contributed by atoms with Gasteiger partial charge in [-0.25, -0.2) is 4.79 Å². The van der Waals surface area contributed by atoms with Crippen molar-refractivity contribution in [1.82, 2.24) is 0 Å². The number of carbonyl (C=O) groups is 1. The minimum absolute atomic E-state index is 0.0723. The van der Waals surface area contributed by atoms with Crippen molar-refractivity contribution in [3.05, 3.63) is 48.0 Å². The topological polar surface area (TPSA) is 57.5 Å². The number of allylic oxidation sites excluding steroid dienone is 1. The molecule has 0 aromatic heterocycles. The van der Waals surface area contributed by atoms with E-state index in [9.17, 15) is 9.90 Å². The van der Waals surface area contributed by atoms with Crippen molar-refractivity contribution in [3.8, 4) is 0 Å². The summed E-state index contributed by atoms with van der Waals surface area (Å²) in [5.41, 5.74) is -1.43. The Labute approximate surface area is 88.7 Å². The molecule has 3 nitrogen and oxygen atoms in total. The van der Waals surface area contributed by atoms with Gasteiger partial charge >= 0.3 is 5.97 Å². The molecule has 1 aromatic carbocycles. The molecule has 1 unspecified atom stereocenters. The summed E-state index contributed by atoms with van der Waals surface area (Å²) in [6.07, 6.45) is 3.43. The van der Waals surface area contributed by atoms with Crippen molar-refractivity contribution in [2.75, 3.05) is 0 Å². The lowest BCUT2D eigenvalue weighted by Crippen LogP contribution is -2.34. The van der Waals surface area contributed by atoms with Crippen molar-refractivity contribution >= 4 is 5.97 Å². The first-order valence-corrected chi connectivity index (χ1v) is 4.73. The predicted octanol–water partition coefficient (Wildman–Crippen LogP) is 1.93. The van der Waals surface area contributed by atoms with E-state index in [2.05, 4.69) is 0 Å². The summed E-state index contributed by atoms with van der Waals surface area (Å²) in [6, 6.07) is 8.41. The molecule has 1 atom stereocenters. The molecule has 0 bridgehead atoms. The van der Waals surface area contributed by atoms with Gasteiger partial charge in [-0.05, 0) is 12.5 Å². The molecule has 1 rings (SSSR count). The van der Waals surface area contributed by atoms with E-state index >= 15 is 0 Å². The highest BCUT2D eigenvalue weighted by molar-refractivity contribution is 5.79. The number of hydrogen-bond donors (Lipinski definition) is 2. The van der Waals surface area contributed by atoms with Crippen LogP contribution in [0.2, 0.25) is 0 Å². The Hall–Kier alpha value is -1.61. The van der Waals surface area contributed by atoms with Gasteiger partial charge in [-0.2, -0.15) is 0 Å². The number of hydrogen-bond acceptors (Lipinski definition) is 2. The molecule has 80 valence electrons. The smallest absolute Gasteiger partial charge is 0.340 e. The standard InChI is InChI=1S/C12H14O3/c1-2-3-9-12(15,11(13)14)10-7-5-4-6-8-10/h2-8,15H,9H2,1H3,(H,13,14). The molecule has 0 aliphatic rings. The molecule has 0 heterocycles. The molecule has 0 aliphatic heterocycles. The maximum atomic E-state index is 11.0. The van der Waals surface area contributed by atoms with Crippen molar-refractivity contribution in [2.45, 2.75) is 18.9 Å². The van der Waals surface area contributed by atoms with Crippen molar-refractivity contribution in [2.24, 2.45) is 0 Å². The molecule has 2 N–H and O–H groups in total. The normalized spacial score (nSPS) is 15.1. The van der Waals surface area contributed by atoms with Crippen LogP contribution < -0.4 is 0 Å². The fourth-order valence-electron chi connectivity index (χ4n) is 1.33. The van der Waals surface area contributed by atoms with Crippen LogP contribution >= 0.6 is 0 Å².